The number of aromatic nitrogens is 2. The van der Waals surface area contributed by atoms with Gasteiger partial charge in [0.25, 0.3) is 0 Å². The van der Waals surface area contributed by atoms with Gasteiger partial charge in [-0.15, -0.1) is 11.6 Å². The second kappa shape index (κ2) is 5.70. The van der Waals surface area contributed by atoms with E-state index < -0.39 is 0 Å². The highest BCUT2D eigenvalue weighted by atomic mass is 79.9. The molecule has 0 aliphatic heterocycles. The molecule has 0 aliphatic carbocycles. The Morgan fingerprint density at radius 2 is 1.86 bits per heavy atom. The number of hydrogen-bond acceptors (Lipinski definition) is 2. The maximum Gasteiger partial charge on any atom is 0.129 e. The zero-order valence-corrected chi connectivity index (χ0v) is 14.2. The molecule has 1 heterocycles. The lowest BCUT2D eigenvalue weighted by atomic mass is 10.2. The number of halogens is 2. The normalized spacial score (nSPS) is 11.0. The van der Waals surface area contributed by atoms with Crippen LogP contribution in [0, 0.1) is 0 Å². The fraction of sp³-hybridized carbons (Fsp3) is 0.188. The van der Waals surface area contributed by atoms with E-state index in [2.05, 4.69) is 60.7 Å². The molecule has 0 saturated carbocycles. The third kappa shape index (κ3) is 2.65. The molecule has 0 radical (unpaired) electrons. The van der Waals surface area contributed by atoms with E-state index in [0.29, 0.717) is 5.88 Å². The topological polar surface area (TPSA) is 21.1 Å². The Bertz CT molecular complexity index is 778. The molecular formula is C16H15BrClN3. The highest BCUT2D eigenvalue weighted by Gasteiger charge is 2.12. The Labute approximate surface area is 137 Å². The molecule has 5 heteroatoms. The van der Waals surface area contributed by atoms with Crippen LogP contribution in [0.2, 0.25) is 0 Å². The summed E-state index contributed by atoms with van der Waals surface area (Å²) in [6.45, 7) is 0. The van der Waals surface area contributed by atoms with Crippen molar-refractivity contribution in [2.24, 2.45) is 0 Å². The van der Waals surface area contributed by atoms with E-state index in [0.717, 1.165) is 32.7 Å². The molecule has 108 valence electrons. The predicted octanol–water partition coefficient (Wildman–Crippen LogP) is 4.59. The van der Waals surface area contributed by atoms with Crippen molar-refractivity contribution in [3.63, 3.8) is 0 Å². The monoisotopic (exact) mass is 363 g/mol. The summed E-state index contributed by atoms with van der Waals surface area (Å²) in [6.07, 6.45) is 0. The maximum absolute atomic E-state index is 6.07. The van der Waals surface area contributed by atoms with E-state index in [4.69, 9.17) is 11.6 Å². The van der Waals surface area contributed by atoms with Crippen LogP contribution >= 0.6 is 27.5 Å². The Balaban J connectivity index is 2.20. The molecule has 3 nitrogen and oxygen atoms in total. The molecule has 0 saturated heterocycles. The predicted molar refractivity (Wildman–Crippen MR) is 92.7 cm³/mol. The molecule has 0 spiro atoms. The minimum atomic E-state index is 0.377. The molecule has 3 aromatic rings. The summed E-state index contributed by atoms with van der Waals surface area (Å²) >= 11 is 9.59. The van der Waals surface area contributed by atoms with Gasteiger partial charge in [0.15, 0.2) is 0 Å². The van der Waals surface area contributed by atoms with Crippen molar-refractivity contribution in [2.45, 2.75) is 5.88 Å². The van der Waals surface area contributed by atoms with Gasteiger partial charge in [-0.3, -0.25) is 4.57 Å². The van der Waals surface area contributed by atoms with Crippen LogP contribution in [-0.4, -0.2) is 23.6 Å². The molecule has 2 aromatic carbocycles. The van der Waals surface area contributed by atoms with Gasteiger partial charge in [0.1, 0.15) is 5.82 Å². The van der Waals surface area contributed by atoms with Crippen molar-refractivity contribution in [1.29, 1.82) is 0 Å². The third-order valence-corrected chi connectivity index (χ3v) is 4.16. The molecule has 3 rings (SSSR count). The van der Waals surface area contributed by atoms with Gasteiger partial charge in [-0.25, -0.2) is 4.98 Å². The van der Waals surface area contributed by atoms with Crippen molar-refractivity contribution in [2.75, 3.05) is 19.0 Å². The highest BCUT2D eigenvalue weighted by molar-refractivity contribution is 9.10. The van der Waals surface area contributed by atoms with Crippen LogP contribution in [0.25, 0.3) is 16.7 Å². The summed E-state index contributed by atoms with van der Waals surface area (Å²) in [6, 6.07) is 14.4. The van der Waals surface area contributed by atoms with E-state index in [1.165, 1.54) is 0 Å². The lowest BCUT2D eigenvalue weighted by molar-refractivity contribution is 0.980. The van der Waals surface area contributed by atoms with E-state index >= 15 is 0 Å². The number of benzene rings is 2. The molecule has 0 fully saturated rings. The van der Waals surface area contributed by atoms with Gasteiger partial charge in [0, 0.05) is 29.9 Å². The Morgan fingerprint density at radius 1 is 1.14 bits per heavy atom. The van der Waals surface area contributed by atoms with Crippen LogP contribution < -0.4 is 4.90 Å². The first-order valence-corrected chi connectivity index (χ1v) is 7.93. The Hall–Kier alpha value is -1.52. The summed E-state index contributed by atoms with van der Waals surface area (Å²) in [7, 11) is 4.06. The fourth-order valence-electron chi connectivity index (χ4n) is 2.38. The summed E-state index contributed by atoms with van der Waals surface area (Å²) < 4.78 is 3.13. The van der Waals surface area contributed by atoms with Crippen LogP contribution in [0.5, 0.6) is 0 Å². The van der Waals surface area contributed by atoms with Gasteiger partial charge < -0.3 is 4.90 Å². The van der Waals surface area contributed by atoms with Crippen molar-refractivity contribution >= 4 is 44.3 Å². The molecule has 1 aromatic heterocycles. The minimum Gasteiger partial charge on any atom is -0.378 e. The van der Waals surface area contributed by atoms with Crippen molar-refractivity contribution in [1.82, 2.24) is 9.55 Å². The summed E-state index contributed by atoms with van der Waals surface area (Å²) in [5.41, 5.74) is 4.23. The SMILES string of the molecule is CN(C)c1ccc(-n2c(CCl)nc3ccc(Br)cc32)cc1. The largest absolute Gasteiger partial charge is 0.378 e. The van der Waals surface area contributed by atoms with Crippen LogP contribution in [0.3, 0.4) is 0 Å². The van der Waals surface area contributed by atoms with Crippen molar-refractivity contribution in [3.05, 3.63) is 52.8 Å². The Kier molecular flexibility index (Phi) is 3.91. The van der Waals surface area contributed by atoms with Gasteiger partial charge >= 0.3 is 0 Å². The van der Waals surface area contributed by atoms with Gasteiger partial charge in [-0.1, -0.05) is 15.9 Å². The summed E-state index contributed by atoms with van der Waals surface area (Å²) in [5, 5.41) is 0. The molecule has 0 atom stereocenters. The van der Waals surface area contributed by atoms with Crippen LogP contribution in [-0.2, 0) is 5.88 Å². The molecule has 0 aliphatic rings. The lowest BCUT2D eigenvalue weighted by Crippen LogP contribution is -2.08. The molecule has 0 N–H and O–H groups in total. The molecule has 0 amide bonds. The first kappa shape index (κ1) is 14.4. The third-order valence-electron chi connectivity index (χ3n) is 3.43. The Morgan fingerprint density at radius 3 is 2.48 bits per heavy atom. The first-order chi connectivity index (χ1) is 10.1. The zero-order chi connectivity index (χ0) is 15.0. The number of hydrogen-bond donors (Lipinski definition) is 0. The highest BCUT2D eigenvalue weighted by Crippen LogP contribution is 2.26. The first-order valence-electron chi connectivity index (χ1n) is 6.61. The number of fused-ring (bicyclic) bond motifs is 1. The molecule has 0 bridgehead atoms. The molecular weight excluding hydrogens is 350 g/mol. The minimum absolute atomic E-state index is 0.377. The molecule has 0 unspecified atom stereocenters. The van der Waals surface area contributed by atoms with Crippen LogP contribution in [0.15, 0.2) is 46.9 Å². The van der Waals surface area contributed by atoms with Crippen molar-refractivity contribution in [3.8, 4) is 5.69 Å². The van der Waals surface area contributed by atoms with Crippen LogP contribution in [0.4, 0.5) is 5.69 Å². The maximum atomic E-state index is 6.07. The average Bonchev–Trinajstić information content (AvgIpc) is 2.85. The van der Waals surface area contributed by atoms with E-state index in [1.54, 1.807) is 0 Å². The number of imidazole rings is 1. The standard InChI is InChI=1S/C16H15BrClN3/c1-20(2)12-4-6-13(7-5-12)21-15-9-11(17)3-8-14(15)19-16(21)10-18/h3-9H,10H2,1-2H3. The fourth-order valence-corrected chi connectivity index (χ4v) is 2.90. The number of nitrogens with zero attached hydrogens (tertiary/aromatic N) is 3. The zero-order valence-electron chi connectivity index (χ0n) is 11.8. The van der Waals surface area contributed by atoms with Crippen molar-refractivity contribution < 1.29 is 0 Å². The second-order valence-electron chi connectivity index (χ2n) is 5.04. The lowest BCUT2D eigenvalue weighted by Gasteiger charge is -2.14. The van der Waals surface area contributed by atoms with E-state index in [1.807, 2.05) is 26.2 Å². The van der Waals surface area contributed by atoms with Crippen LogP contribution in [0.1, 0.15) is 5.82 Å². The molecule has 21 heavy (non-hydrogen) atoms. The van der Waals surface area contributed by atoms with Gasteiger partial charge in [-0.05, 0) is 42.5 Å². The average molecular weight is 365 g/mol. The van der Waals surface area contributed by atoms with Gasteiger partial charge in [-0.2, -0.15) is 0 Å². The van der Waals surface area contributed by atoms with Gasteiger partial charge in [0.2, 0.25) is 0 Å². The number of alkyl halides is 1. The smallest absolute Gasteiger partial charge is 0.129 e. The quantitative estimate of drug-likeness (QED) is 0.634. The van der Waals surface area contributed by atoms with Gasteiger partial charge in [0.05, 0.1) is 16.9 Å². The summed E-state index contributed by atoms with van der Waals surface area (Å²) in [5.74, 6) is 1.23. The second-order valence-corrected chi connectivity index (χ2v) is 6.22. The number of anilines is 1. The number of rotatable bonds is 3. The van der Waals surface area contributed by atoms with E-state index in [-0.39, 0.29) is 0 Å². The summed E-state index contributed by atoms with van der Waals surface area (Å²) in [4.78, 5) is 6.68. The van der Waals surface area contributed by atoms with E-state index in [9.17, 15) is 0 Å².